The van der Waals surface area contributed by atoms with Crippen molar-refractivity contribution in [3.8, 4) is 11.5 Å². The van der Waals surface area contributed by atoms with Crippen molar-refractivity contribution in [2.45, 2.75) is 32.9 Å². The molecule has 0 atom stereocenters. The minimum atomic E-state index is -0.337. The molecule has 2 aromatic heterocycles. The van der Waals surface area contributed by atoms with Gasteiger partial charge in [0.15, 0.2) is 0 Å². The summed E-state index contributed by atoms with van der Waals surface area (Å²) in [6.45, 7) is 4.88. The van der Waals surface area contributed by atoms with Gasteiger partial charge in [0.05, 0.1) is 29.8 Å². The van der Waals surface area contributed by atoms with Gasteiger partial charge >= 0.3 is 0 Å². The highest BCUT2D eigenvalue weighted by Crippen LogP contribution is 2.36. The number of aromatic hydroxyl groups is 2. The molecule has 28 heavy (non-hydrogen) atoms. The largest absolute Gasteiger partial charge is 0.508 e. The topological polar surface area (TPSA) is 119 Å². The third kappa shape index (κ3) is 3.04. The van der Waals surface area contributed by atoms with Crippen LogP contribution in [0.4, 0.5) is 11.5 Å². The maximum absolute atomic E-state index is 13.1. The van der Waals surface area contributed by atoms with E-state index in [0.29, 0.717) is 24.6 Å². The fourth-order valence-electron chi connectivity index (χ4n) is 3.33. The lowest BCUT2D eigenvalue weighted by atomic mass is 10.1. The van der Waals surface area contributed by atoms with Crippen LogP contribution in [-0.2, 0) is 20.1 Å². The van der Waals surface area contributed by atoms with Crippen LogP contribution in [0.2, 0.25) is 0 Å². The van der Waals surface area contributed by atoms with Gasteiger partial charge < -0.3 is 20.4 Å². The molecule has 4 N–H and O–H groups in total. The molecule has 9 heteroatoms. The number of benzene rings is 1. The first-order valence-corrected chi connectivity index (χ1v) is 9.00. The fraction of sp³-hybridized carbons (Fsp3) is 0.316. The molecule has 0 saturated carbocycles. The molecule has 0 unspecified atom stereocenters. The van der Waals surface area contributed by atoms with Crippen molar-refractivity contribution in [3.05, 3.63) is 46.9 Å². The van der Waals surface area contributed by atoms with E-state index in [1.165, 1.54) is 6.07 Å². The summed E-state index contributed by atoms with van der Waals surface area (Å²) in [7, 11) is 1.79. The minimum Gasteiger partial charge on any atom is -0.508 e. The summed E-state index contributed by atoms with van der Waals surface area (Å²) in [5.74, 6) is 0.133. The third-order valence-electron chi connectivity index (χ3n) is 4.87. The van der Waals surface area contributed by atoms with Crippen molar-refractivity contribution in [1.29, 1.82) is 0 Å². The lowest BCUT2D eigenvalue weighted by Crippen LogP contribution is -2.26. The number of amides is 1. The molecule has 1 aromatic carbocycles. The molecule has 4 rings (SSSR count). The third-order valence-corrected chi connectivity index (χ3v) is 4.87. The molecule has 0 aliphatic carbocycles. The second-order valence-electron chi connectivity index (χ2n) is 7.28. The summed E-state index contributed by atoms with van der Waals surface area (Å²) < 4.78 is 1.66. The van der Waals surface area contributed by atoms with Gasteiger partial charge in [-0.05, 0) is 5.92 Å². The van der Waals surface area contributed by atoms with Crippen LogP contribution < -0.4 is 5.32 Å². The van der Waals surface area contributed by atoms with E-state index in [2.05, 4.69) is 20.6 Å². The molecule has 3 heterocycles. The molecule has 146 valence electrons. The number of H-pyrrole nitrogens is 1. The minimum absolute atomic E-state index is 0.100. The number of aromatic nitrogens is 4. The van der Waals surface area contributed by atoms with Crippen LogP contribution in [0.1, 0.15) is 47.1 Å². The van der Waals surface area contributed by atoms with Gasteiger partial charge in [-0.25, -0.2) is 0 Å². The highest BCUT2D eigenvalue weighted by Gasteiger charge is 2.29. The van der Waals surface area contributed by atoms with Gasteiger partial charge in [0, 0.05) is 37.4 Å². The van der Waals surface area contributed by atoms with Gasteiger partial charge in [0.25, 0.3) is 5.91 Å². The number of carbonyl (C=O) groups excluding carboxylic acids is 1. The molecule has 0 bridgehead atoms. The second kappa shape index (κ2) is 6.59. The first-order valence-electron chi connectivity index (χ1n) is 9.00. The van der Waals surface area contributed by atoms with E-state index in [0.717, 1.165) is 23.0 Å². The molecule has 1 aliphatic rings. The van der Waals surface area contributed by atoms with E-state index in [4.69, 9.17) is 0 Å². The van der Waals surface area contributed by atoms with Crippen molar-refractivity contribution in [2.75, 3.05) is 5.32 Å². The number of aromatic amines is 1. The van der Waals surface area contributed by atoms with Crippen molar-refractivity contribution >= 4 is 17.4 Å². The Hall–Kier alpha value is -3.49. The number of anilines is 2. The standard InChI is InChI=1S/C19H22N6O3/c1-10(2)13-6-17(24(3)23-13)21-14-4-12(26)5-16(27)18(14)19(28)25-8-11-7-20-22-15(11)9-25/h4-7,10,21,26-27H,8-9H2,1-3H3,(H,20,22). The Bertz CT molecular complexity index is 1030. The van der Waals surface area contributed by atoms with Crippen LogP contribution in [0.5, 0.6) is 11.5 Å². The number of fused-ring (bicyclic) bond motifs is 1. The Morgan fingerprint density at radius 1 is 1.25 bits per heavy atom. The fourth-order valence-corrected chi connectivity index (χ4v) is 3.33. The number of rotatable bonds is 4. The Labute approximate surface area is 161 Å². The molecule has 3 aromatic rings. The lowest BCUT2D eigenvalue weighted by Gasteiger charge is -2.19. The van der Waals surface area contributed by atoms with Crippen molar-refractivity contribution in [2.24, 2.45) is 7.05 Å². The molecule has 0 spiro atoms. The summed E-state index contributed by atoms with van der Waals surface area (Å²) in [6.07, 6.45) is 1.70. The van der Waals surface area contributed by atoms with Gasteiger partial charge in [-0.15, -0.1) is 0 Å². The van der Waals surface area contributed by atoms with Crippen LogP contribution in [0.25, 0.3) is 0 Å². The van der Waals surface area contributed by atoms with Crippen LogP contribution in [0.15, 0.2) is 24.4 Å². The van der Waals surface area contributed by atoms with Crippen LogP contribution >= 0.6 is 0 Å². The summed E-state index contributed by atoms with van der Waals surface area (Å²) in [6, 6.07) is 4.47. The van der Waals surface area contributed by atoms with Crippen LogP contribution in [0, 0.1) is 0 Å². The zero-order valence-corrected chi connectivity index (χ0v) is 15.9. The predicted molar refractivity (Wildman–Crippen MR) is 103 cm³/mol. The van der Waals surface area contributed by atoms with E-state index in [-0.39, 0.29) is 28.9 Å². The van der Waals surface area contributed by atoms with Crippen molar-refractivity contribution in [3.63, 3.8) is 0 Å². The first kappa shape index (κ1) is 17.9. The second-order valence-corrected chi connectivity index (χ2v) is 7.28. The number of nitrogens with one attached hydrogen (secondary N) is 2. The average Bonchev–Trinajstić information content (AvgIpc) is 3.29. The SMILES string of the molecule is CC(C)c1cc(Nc2cc(O)cc(O)c2C(=O)N2Cc3cn[nH]c3C2)n(C)n1. The van der Waals surface area contributed by atoms with Crippen LogP contribution in [0.3, 0.4) is 0 Å². The quantitative estimate of drug-likeness (QED) is 0.551. The summed E-state index contributed by atoms with van der Waals surface area (Å²) in [4.78, 5) is 14.8. The van der Waals surface area contributed by atoms with Gasteiger partial charge in [0.1, 0.15) is 22.9 Å². The van der Waals surface area contributed by atoms with E-state index >= 15 is 0 Å². The Morgan fingerprint density at radius 2 is 2.04 bits per heavy atom. The predicted octanol–water partition coefficient (Wildman–Crippen LogP) is 2.58. The van der Waals surface area contributed by atoms with Gasteiger partial charge in [0.2, 0.25) is 0 Å². The van der Waals surface area contributed by atoms with E-state index in [1.54, 1.807) is 22.8 Å². The molecule has 0 fully saturated rings. The summed E-state index contributed by atoms with van der Waals surface area (Å²) in [5.41, 5.74) is 3.15. The van der Waals surface area contributed by atoms with E-state index in [1.807, 2.05) is 19.9 Å². The number of carbonyl (C=O) groups is 1. The molecule has 0 radical (unpaired) electrons. The van der Waals surface area contributed by atoms with Gasteiger partial charge in [-0.1, -0.05) is 13.8 Å². The zero-order valence-electron chi connectivity index (χ0n) is 15.9. The Morgan fingerprint density at radius 3 is 2.71 bits per heavy atom. The van der Waals surface area contributed by atoms with Crippen molar-refractivity contribution < 1.29 is 15.0 Å². The van der Waals surface area contributed by atoms with Crippen molar-refractivity contribution in [1.82, 2.24) is 24.9 Å². The summed E-state index contributed by atoms with van der Waals surface area (Å²) >= 11 is 0. The number of nitrogens with zero attached hydrogens (tertiary/aromatic N) is 4. The number of phenols is 2. The zero-order chi connectivity index (χ0) is 20.0. The van der Waals surface area contributed by atoms with E-state index in [9.17, 15) is 15.0 Å². The number of hydrogen-bond acceptors (Lipinski definition) is 6. The van der Waals surface area contributed by atoms with E-state index < -0.39 is 0 Å². The first-order chi connectivity index (χ1) is 13.3. The number of hydrogen-bond donors (Lipinski definition) is 4. The molecule has 9 nitrogen and oxygen atoms in total. The molecule has 1 aliphatic heterocycles. The number of phenolic OH excluding ortho intramolecular Hbond substituents is 2. The Balaban J connectivity index is 1.68. The van der Waals surface area contributed by atoms with Gasteiger partial charge in [-0.3, -0.25) is 14.6 Å². The highest BCUT2D eigenvalue weighted by atomic mass is 16.3. The maximum atomic E-state index is 13.1. The monoisotopic (exact) mass is 382 g/mol. The molecule has 1 amide bonds. The highest BCUT2D eigenvalue weighted by molar-refractivity contribution is 6.03. The molecule has 0 saturated heterocycles. The summed E-state index contributed by atoms with van der Waals surface area (Å²) in [5, 5.41) is 34.8. The normalized spacial score (nSPS) is 13.2. The smallest absolute Gasteiger partial charge is 0.260 e. The average molecular weight is 382 g/mol. The lowest BCUT2D eigenvalue weighted by molar-refractivity contribution is 0.0747. The Kier molecular flexibility index (Phi) is 4.21. The maximum Gasteiger partial charge on any atom is 0.260 e. The van der Waals surface area contributed by atoms with Crippen LogP contribution in [-0.4, -0.2) is 41.0 Å². The molecular formula is C19H22N6O3. The number of aryl methyl sites for hydroxylation is 1. The van der Waals surface area contributed by atoms with Gasteiger partial charge in [-0.2, -0.15) is 10.2 Å². The molecular weight excluding hydrogens is 360 g/mol.